The molecule has 0 atom stereocenters. The van der Waals surface area contributed by atoms with Gasteiger partial charge in [-0.1, -0.05) is 25.4 Å². The van der Waals surface area contributed by atoms with Gasteiger partial charge in [0.1, 0.15) is 5.82 Å². The van der Waals surface area contributed by atoms with E-state index in [1.165, 1.54) is 6.20 Å². The Balaban J connectivity index is 0.000000956. The van der Waals surface area contributed by atoms with E-state index in [4.69, 9.17) is 26.8 Å². The molecule has 2 N–H and O–H groups in total. The Kier molecular flexibility index (Phi) is 6.06. The summed E-state index contributed by atoms with van der Waals surface area (Å²) in [6.07, 6.45) is 3.06. The summed E-state index contributed by atoms with van der Waals surface area (Å²) in [6.45, 7) is 4.00. The highest BCUT2D eigenvalue weighted by molar-refractivity contribution is 6.33. The third kappa shape index (κ3) is 3.51. The SMILES string of the molecule is CC.COc1cc(Cl)c(-c2cncc(N)n2)cc1OC. The van der Waals surface area contributed by atoms with E-state index in [1.54, 1.807) is 32.5 Å². The molecule has 0 amide bonds. The van der Waals surface area contributed by atoms with E-state index >= 15 is 0 Å². The minimum Gasteiger partial charge on any atom is -0.493 e. The van der Waals surface area contributed by atoms with Gasteiger partial charge in [-0.25, -0.2) is 4.98 Å². The molecular formula is C14H18ClN3O2. The number of aromatic nitrogens is 2. The number of ether oxygens (including phenoxy) is 2. The molecule has 0 radical (unpaired) electrons. The monoisotopic (exact) mass is 295 g/mol. The van der Waals surface area contributed by atoms with Gasteiger partial charge in [-0.05, 0) is 6.07 Å². The van der Waals surface area contributed by atoms with Gasteiger partial charge in [0.25, 0.3) is 0 Å². The molecule has 0 saturated heterocycles. The molecule has 1 aromatic carbocycles. The Morgan fingerprint density at radius 1 is 1.05 bits per heavy atom. The van der Waals surface area contributed by atoms with Gasteiger partial charge in [0.15, 0.2) is 11.5 Å². The van der Waals surface area contributed by atoms with Crippen LogP contribution < -0.4 is 15.2 Å². The minimum atomic E-state index is 0.332. The summed E-state index contributed by atoms with van der Waals surface area (Å²) >= 11 is 6.18. The lowest BCUT2D eigenvalue weighted by atomic mass is 10.1. The van der Waals surface area contributed by atoms with Crippen LogP contribution in [0.1, 0.15) is 13.8 Å². The second-order valence-electron chi connectivity index (χ2n) is 3.52. The average molecular weight is 296 g/mol. The second-order valence-corrected chi connectivity index (χ2v) is 3.92. The molecular weight excluding hydrogens is 278 g/mol. The van der Waals surface area contributed by atoms with Crippen LogP contribution in [0.3, 0.4) is 0 Å². The number of hydrogen-bond acceptors (Lipinski definition) is 5. The van der Waals surface area contributed by atoms with Crippen molar-refractivity contribution < 1.29 is 9.47 Å². The summed E-state index contributed by atoms with van der Waals surface area (Å²) in [5.41, 5.74) is 6.87. The van der Waals surface area contributed by atoms with Crippen molar-refractivity contribution >= 4 is 17.4 Å². The van der Waals surface area contributed by atoms with Crippen molar-refractivity contribution in [3.05, 3.63) is 29.5 Å². The fourth-order valence-electron chi connectivity index (χ4n) is 1.56. The van der Waals surface area contributed by atoms with E-state index in [0.717, 1.165) is 0 Å². The lowest BCUT2D eigenvalue weighted by Crippen LogP contribution is -1.96. The predicted octanol–water partition coefficient (Wildman–Crippen LogP) is 3.42. The zero-order valence-corrected chi connectivity index (χ0v) is 12.7. The maximum absolute atomic E-state index is 6.18. The first kappa shape index (κ1) is 16.0. The van der Waals surface area contributed by atoms with Gasteiger partial charge in [-0.3, -0.25) is 4.98 Å². The van der Waals surface area contributed by atoms with Crippen LogP contribution in [0.2, 0.25) is 5.02 Å². The molecule has 1 heterocycles. The molecule has 0 saturated carbocycles. The average Bonchev–Trinajstić information content (AvgIpc) is 2.49. The van der Waals surface area contributed by atoms with Gasteiger partial charge in [0.05, 0.1) is 37.3 Å². The minimum absolute atomic E-state index is 0.332. The van der Waals surface area contributed by atoms with Crippen molar-refractivity contribution in [2.75, 3.05) is 20.0 Å². The van der Waals surface area contributed by atoms with Crippen LogP contribution in [-0.2, 0) is 0 Å². The van der Waals surface area contributed by atoms with Gasteiger partial charge in [0.2, 0.25) is 0 Å². The predicted molar refractivity (Wildman–Crippen MR) is 81.3 cm³/mol. The van der Waals surface area contributed by atoms with Crippen LogP contribution in [-0.4, -0.2) is 24.2 Å². The van der Waals surface area contributed by atoms with Crippen LogP contribution in [0, 0.1) is 0 Å². The van der Waals surface area contributed by atoms with E-state index in [1.807, 2.05) is 13.8 Å². The van der Waals surface area contributed by atoms with Crippen molar-refractivity contribution in [1.29, 1.82) is 0 Å². The maximum Gasteiger partial charge on any atom is 0.162 e. The molecule has 20 heavy (non-hydrogen) atoms. The molecule has 1 aromatic heterocycles. The van der Waals surface area contributed by atoms with Gasteiger partial charge >= 0.3 is 0 Å². The largest absolute Gasteiger partial charge is 0.493 e. The van der Waals surface area contributed by atoms with Crippen molar-refractivity contribution in [3.8, 4) is 22.8 Å². The molecule has 0 fully saturated rings. The van der Waals surface area contributed by atoms with E-state index < -0.39 is 0 Å². The number of rotatable bonds is 3. The molecule has 5 nitrogen and oxygen atoms in total. The molecule has 0 bridgehead atoms. The molecule has 0 spiro atoms. The first-order valence-electron chi connectivity index (χ1n) is 6.15. The van der Waals surface area contributed by atoms with E-state index in [-0.39, 0.29) is 0 Å². The van der Waals surface area contributed by atoms with Crippen LogP contribution >= 0.6 is 11.6 Å². The Morgan fingerprint density at radius 2 is 1.65 bits per heavy atom. The zero-order valence-electron chi connectivity index (χ0n) is 12.0. The van der Waals surface area contributed by atoms with E-state index in [2.05, 4.69) is 9.97 Å². The highest BCUT2D eigenvalue weighted by atomic mass is 35.5. The highest BCUT2D eigenvalue weighted by Gasteiger charge is 2.12. The van der Waals surface area contributed by atoms with Crippen molar-refractivity contribution in [1.82, 2.24) is 9.97 Å². The summed E-state index contributed by atoms with van der Waals surface area (Å²) in [4.78, 5) is 8.15. The first-order chi connectivity index (χ1) is 9.65. The van der Waals surface area contributed by atoms with Crippen molar-refractivity contribution in [2.24, 2.45) is 0 Å². The summed E-state index contributed by atoms with van der Waals surface area (Å²) in [7, 11) is 3.11. The maximum atomic E-state index is 6.18. The number of nitrogens with two attached hydrogens (primary N) is 1. The van der Waals surface area contributed by atoms with Crippen molar-refractivity contribution in [2.45, 2.75) is 13.8 Å². The number of nitrogen functional groups attached to an aromatic ring is 1. The van der Waals surface area contributed by atoms with Crippen molar-refractivity contribution in [3.63, 3.8) is 0 Å². The topological polar surface area (TPSA) is 70.3 Å². The number of benzene rings is 1. The fourth-order valence-corrected chi connectivity index (χ4v) is 1.81. The summed E-state index contributed by atoms with van der Waals surface area (Å²) < 4.78 is 10.4. The summed E-state index contributed by atoms with van der Waals surface area (Å²) in [5, 5.41) is 0.493. The lowest BCUT2D eigenvalue weighted by molar-refractivity contribution is 0.355. The number of hydrogen-bond donors (Lipinski definition) is 1. The zero-order chi connectivity index (χ0) is 15.1. The molecule has 0 aliphatic rings. The third-order valence-electron chi connectivity index (χ3n) is 2.40. The summed E-state index contributed by atoms with van der Waals surface area (Å²) in [5.74, 6) is 1.46. The quantitative estimate of drug-likeness (QED) is 0.939. The smallest absolute Gasteiger partial charge is 0.162 e. The van der Waals surface area contributed by atoms with Gasteiger partial charge in [0, 0.05) is 11.6 Å². The first-order valence-corrected chi connectivity index (χ1v) is 6.53. The number of anilines is 1. The molecule has 2 aromatic rings. The second kappa shape index (κ2) is 7.55. The fraction of sp³-hybridized carbons (Fsp3) is 0.286. The van der Waals surface area contributed by atoms with Gasteiger partial charge in [-0.2, -0.15) is 0 Å². The van der Waals surface area contributed by atoms with Crippen LogP contribution in [0.4, 0.5) is 5.82 Å². The lowest BCUT2D eigenvalue weighted by Gasteiger charge is -2.11. The van der Waals surface area contributed by atoms with E-state index in [0.29, 0.717) is 33.6 Å². The Morgan fingerprint density at radius 3 is 2.20 bits per heavy atom. The van der Waals surface area contributed by atoms with Crippen LogP contribution in [0.15, 0.2) is 24.5 Å². The third-order valence-corrected chi connectivity index (χ3v) is 2.72. The molecule has 108 valence electrons. The molecule has 0 aliphatic heterocycles. The normalized spacial score (nSPS) is 9.45. The molecule has 0 unspecified atom stereocenters. The van der Waals surface area contributed by atoms with Crippen LogP contribution in [0.25, 0.3) is 11.3 Å². The van der Waals surface area contributed by atoms with E-state index in [9.17, 15) is 0 Å². The Labute approximate surface area is 123 Å². The summed E-state index contributed by atoms with van der Waals surface area (Å²) in [6, 6.07) is 3.41. The number of methoxy groups -OCH3 is 2. The Bertz CT molecular complexity index is 576. The molecule has 0 aliphatic carbocycles. The standard InChI is InChI=1S/C12H12ClN3O2.C2H6/c1-17-10-3-7(8(13)4-11(10)18-2)9-5-15-6-12(14)16-9;1-2/h3-6H,1-2H3,(H2,14,16);1-2H3. The van der Waals surface area contributed by atoms with Crippen LogP contribution in [0.5, 0.6) is 11.5 Å². The molecule has 6 heteroatoms. The van der Waals surface area contributed by atoms with Gasteiger partial charge in [-0.15, -0.1) is 0 Å². The highest BCUT2D eigenvalue weighted by Crippen LogP contribution is 2.37. The van der Waals surface area contributed by atoms with Gasteiger partial charge < -0.3 is 15.2 Å². The number of halogens is 1. The number of nitrogens with zero attached hydrogens (tertiary/aromatic N) is 2. The molecule has 2 rings (SSSR count). The Hall–Kier alpha value is -2.01.